The number of carbonyl (C=O) groups excluding carboxylic acids is 2. The molecule has 2 N–H and O–H groups in total. The molecule has 0 bridgehead atoms. The minimum atomic E-state index is -0.410. The van der Waals surface area contributed by atoms with Gasteiger partial charge in [-0.3, -0.25) is 14.6 Å². The van der Waals surface area contributed by atoms with Crippen molar-refractivity contribution in [1.82, 2.24) is 10.1 Å². The number of anilines is 2. The van der Waals surface area contributed by atoms with Crippen LogP contribution in [-0.4, -0.2) is 33.0 Å². The molecule has 2 heterocycles. The van der Waals surface area contributed by atoms with Crippen molar-refractivity contribution in [3.8, 4) is 0 Å². The van der Waals surface area contributed by atoms with Crippen molar-refractivity contribution in [2.45, 2.75) is 19.1 Å². The van der Waals surface area contributed by atoms with Crippen LogP contribution < -0.4 is 10.6 Å². The maximum absolute atomic E-state index is 12.2. The number of thioether (sulfide) groups is 1. The topological polar surface area (TPSA) is 97.1 Å². The average molecular weight is 370 g/mol. The maximum Gasteiger partial charge on any atom is 0.238 e. The summed E-state index contributed by atoms with van der Waals surface area (Å²) in [5, 5.41) is 9.71. The number of aromatic nitrogens is 2. The van der Waals surface area contributed by atoms with E-state index in [1.807, 2.05) is 30.3 Å². The summed E-state index contributed by atoms with van der Waals surface area (Å²) < 4.78 is 4.90. The Morgan fingerprint density at radius 3 is 2.85 bits per heavy atom. The van der Waals surface area contributed by atoms with Crippen LogP contribution >= 0.6 is 11.8 Å². The second-order valence-corrected chi connectivity index (χ2v) is 7.02. The lowest BCUT2D eigenvalue weighted by atomic mass is 10.2. The number of fused-ring (bicyclic) bond motifs is 1. The van der Waals surface area contributed by atoms with Gasteiger partial charge >= 0.3 is 0 Å². The molecule has 0 fully saturated rings. The quantitative estimate of drug-likeness (QED) is 0.691. The summed E-state index contributed by atoms with van der Waals surface area (Å²) in [6.07, 6.45) is 1.71. The van der Waals surface area contributed by atoms with E-state index in [-0.39, 0.29) is 17.6 Å². The number of amides is 2. The number of carbonyl (C=O) groups is 2. The molecule has 1 aromatic carbocycles. The fraction of sp³-hybridized carbons (Fsp3) is 0.222. The molecule has 0 aliphatic heterocycles. The summed E-state index contributed by atoms with van der Waals surface area (Å²) in [5.41, 5.74) is 1.52. The average Bonchev–Trinajstić information content (AvgIpc) is 3.04. The molecule has 0 spiro atoms. The first-order chi connectivity index (χ1) is 12.5. The van der Waals surface area contributed by atoms with Crippen LogP contribution in [0.5, 0.6) is 0 Å². The van der Waals surface area contributed by atoms with Crippen molar-refractivity contribution in [1.29, 1.82) is 0 Å². The normalized spacial score (nSPS) is 11.9. The van der Waals surface area contributed by atoms with Crippen molar-refractivity contribution < 1.29 is 14.1 Å². The van der Waals surface area contributed by atoms with Crippen molar-refractivity contribution in [3.05, 3.63) is 48.4 Å². The Labute approximate surface area is 154 Å². The molecule has 2 amide bonds. The van der Waals surface area contributed by atoms with Crippen LogP contribution in [0.1, 0.15) is 12.7 Å². The Kier molecular flexibility index (Phi) is 5.52. The van der Waals surface area contributed by atoms with Gasteiger partial charge in [0.15, 0.2) is 5.82 Å². The van der Waals surface area contributed by atoms with Crippen molar-refractivity contribution >= 4 is 46.0 Å². The summed E-state index contributed by atoms with van der Waals surface area (Å²) in [5.74, 6) is 0.731. The van der Waals surface area contributed by atoms with Crippen LogP contribution in [0.15, 0.2) is 47.1 Å². The fourth-order valence-corrected chi connectivity index (χ4v) is 3.01. The van der Waals surface area contributed by atoms with Gasteiger partial charge in [-0.1, -0.05) is 11.2 Å². The highest BCUT2D eigenvalue weighted by Gasteiger charge is 2.17. The van der Waals surface area contributed by atoms with Crippen molar-refractivity contribution in [2.75, 3.05) is 16.4 Å². The zero-order chi connectivity index (χ0) is 18.5. The molecule has 0 saturated heterocycles. The lowest BCUT2D eigenvalue weighted by Crippen LogP contribution is -2.25. The minimum absolute atomic E-state index is 0.156. The van der Waals surface area contributed by atoms with E-state index in [1.54, 1.807) is 26.1 Å². The zero-order valence-electron chi connectivity index (χ0n) is 14.4. The molecule has 26 heavy (non-hydrogen) atoms. The first-order valence-electron chi connectivity index (χ1n) is 8.02. The number of pyridine rings is 1. The third-order valence-corrected chi connectivity index (χ3v) is 4.78. The predicted octanol–water partition coefficient (Wildman–Crippen LogP) is 3.23. The lowest BCUT2D eigenvalue weighted by molar-refractivity contribution is -0.115. The minimum Gasteiger partial charge on any atom is -0.360 e. The van der Waals surface area contributed by atoms with Crippen molar-refractivity contribution in [3.63, 3.8) is 0 Å². The third kappa shape index (κ3) is 4.40. The largest absolute Gasteiger partial charge is 0.360 e. The Morgan fingerprint density at radius 2 is 2.08 bits per heavy atom. The van der Waals surface area contributed by atoms with E-state index in [2.05, 4.69) is 20.8 Å². The summed E-state index contributed by atoms with van der Waals surface area (Å²) in [6.45, 7) is 3.48. The van der Waals surface area contributed by atoms with Gasteiger partial charge in [-0.05, 0) is 38.1 Å². The van der Waals surface area contributed by atoms with Gasteiger partial charge in [0.1, 0.15) is 5.76 Å². The van der Waals surface area contributed by atoms with Crippen molar-refractivity contribution in [2.24, 2.45) is 0 Å². The van der Waals surface area contributed by atoms with E-state index in [0.717, 1.165) is 10.9 Å². The highest BCUT2D eigenvalue weighted by atomic mass is 32.2. The molecule has 0 radical (unpaired) electrons. The van der Waals surface area contributed by atoms with E-state index in [0.29, 0.717) is 17.3 Å². The zero-order valence-corrected chi connectivity index (χ0v) is 15.2. The number of nitrogens with one attached hydrogen (secondary N) is 2. The molecule has 1 unspecified atom stereocenters. The highest BCUT2D eigenvalue weighted by Crippen LogP contribution is 2.22. The number of nitrogens with zero attached hydrogens (tertiary/aromatic N) is 2. The summed E-state index contributed by atoms with van der Waals surface area (Å²) in [4.78, 5) is 28.6. The van der Waals surface area contributed by atoms with Gasteiger partial charge < -0.3 is 15.2 Å². The molecule has 0 aliphatic carbocycles. The van der Waals surface area contributed by atoms with E-state index in [9.17, 15) is 9.59 Å². The van der Waals surface area contributed by atoms with Gasteiger partial charge in [0, 0.05) is 17.6 Å². The van der Waals surface area contributed by atoms with Gasteiger partial charge in [-0.25, -0.2) is 0 Å². The predicted molar refractivity (Wildman–Crippen MR) is 102 cm³/mol. The monoisotopic (exact) mass is 370 g/mol. The van der Waals surface area contributed by atoms with E-state index in [1.165, 1.54) is 11.8 Å². The Morgan fingerprint density at radius 1 is 1.23 bits per heavy atom. The third-order valence-electron chi connectivity index (χ3n) is 3.63. The molecule has 8 heteroatoms. The molecule has 0 aliphatic rings. The Hall–Kier alpha value is -2.87. The van der Waals surface area contributed by atoms with Crippen LogP contribution in [0.2, 0.25) is 0 Å². The molecular formula is C18H18N4O3S. The van der Waals surface area contributed by atoms with Crippen LogP contribution in [0, 0.1) is 6.92 Å². The van der Waals surface area contributed by atoms with Crippen LogP contribution in [0.4, 0.5) is 11.5 Å². The van der Waals surface area contributed by atoms with E-state index >= 15 is 0 Å². The lowest BCUT2D eigenvalue weighted by Gasteiger charge is -2.11. The van der Waals surface area contributed by atoms with Gasteiger partial charge in [-0.2, -0.15) is 0 Å². The number of aryl methyl sites for hydroxylation is 1. The molecule has 2 aromatic heterocycles. The first-order valence-corrected chi connectivity index (χ1v) is 9.07. The first kappa shape index (κ1) is 17.9. The fourth-order valence-electron chi connectivity index (χ4n) is 2.33. The Balaban J connectivity index is 1.54. The number of hydrogen-bond acceptors (Lipinski definition) is 6. The van der Waals surface area contributed by atoms with Gasteiger partial charge in [0.05, 0.1) is 22.2 Å². The van der Waals surface area contributed by atoms with Crippen LogP contribution in [0.3, 0.4) is 0 Å². The second-order valence-electron chi connectivity index (χ2n) is 5.69. The summed E-state index contributed by atoms with van der Waals surface area (Å²) in [7, 11) is 0. The number of hydrogen-bond donors (Lipinski definition) is 2. The standard InChI is InChI=1S/C18H18N4O3S/c1-11-9-16(22-25-11)21-18(24)12(2)26-10-17(23)20-15-7-3-6-14-13(15)5-4-8-19-14/h3-9,12H,10H2,1-2H3,(H,20,23)(H,21,22,24). The molecule has 3 rings (SSSR count). The molecule has 3 aromatic rings. The van der Waals surface area contributed by atoms with Crippen LogP contribution in [0.25, 0.3) is 10.9 Å². The maximum atomic E-state index is 12.2. The SMILES string of the molecule is Cc1cc(NC(=O)C(C)SCC(=O)Nc2cccc3ncccc23)no1. The van der Waals surface area contributed by atoms with Crippen LogP contribution in [-0.2, 0) is 9.59 Å². The number of rotatable bonds is 6. The molecule has 134 valence electrons. The molecule has 0 saturated carbocycles. The summed E-state index contributed by atoms with van der Waals surface area (Å²) >= 11 is 1.25. The summed E-state index contributed by atoms with van der Waals surface area (Å²) in [6, 6.07) is 10.9. The van der Waals surface area contributed by atoms with Gasteiger partial charge in [0.2, 0.25) is 11.8 Å². The van der Waals surface area contributed by atoms with Gasteiger partial charge in [-0.15, -0.1) is 11.8 Å². The second kappa shape index (κ2) is 8.01. The highest BCUT2D eigenvalue weighted by molar-refractivity contribution is 8.01. The van der Waals surface area contributed by atoms with E-state index in [4.69, 9.17) is 4.52 Å². The van der Waals surface area contributed by atoms with E-state index < -0.39 is 5.25 Å². The molecule has 1 atom stereocenters. The number of benzene rings is 1. The van der Waals surface area contributed by atoms with Gasteiger partial charge in [0.25, 0.3) is 0 Å². The molecular weight excluding hydrogens is 352 g/mol. The smallest absolute Gasteiger partial charge is 0.238 e. The Bertz CT molecular complexity index is 936. The molecule has 7 nitrogen and oxygen atoms in total.